The monoisotopic (exact) mass is 280 g/mol. The number of ketones is 1. The van der Waals surface area contributed by atoms with E-state index < -0.39 is 17.0 Å². The van der Waals surface area contributed by atoms with Crippen LogP contribution in [0.3, 0.4) is 0 Å². The van der Waals surface area contributed by atoms with Gasteiger partial charge in [-0.15, -0.1) is 0 Å². The number of hydrogen-bond donors (Lipinski definition) is 1. The predicted molar refractivity (Wildman–Crippen MR) is 83.6 cm³/mol. The lowest BCUT2D eigenvalue weighted by Crippen LogP contribution is -2.01. The lowest BCUT2D eigenvalue weighted by molar-refractivity contribution is 0.104. The van der Waals surface area contributed by atoms with Crippen molar-refractivity contribution in [1.82, 2.24) is 0 Å². The van der Waals surface area contributed by atoms with Crippen molar-refractivity contribution in [2.45, 2.75) is 13.3 Å². The third-order valence-corrected chi connectivity index (χ3v) is 3.19. The van der Waals surface area contributed by atoms with Crippen LogP contribution in [0, 0.1) is 0 Å². The van der Waals surface area contributed by atoms with Gasteiger partial charge in [0.2, 0.25) is 5.43 Å². The van der Waals surface area contributed by atoms with Gasteiger partial charge < -0.3 is 5.11 Å². The van der Waals surface area contributed by atoms with Crippen molar-refractivity contribution < 1.29 is 9.90 Å². The summed E-state index contributed by atoms with van der Waals surface area (Å²) in [6.45, 7) is 2.08. The normalized spacial score (nSPS) is 10.7. The van der Waals surface area contributed by atoms with Crippen LogP contribution in [0.1, 0.15) is 28.4 Å². The number of rotatable bonds is 4. The van der Waals surface area contributed by atoms with E-state index in [0.29, 0.717) is 0 Å². The lowest BCUT2D eigenvalue weighted by atomic mass is 10.1. The zero-order valence-corrected chi connectivity index (χ0v) is 11.7. The number of aromatic hydroxyl groups is 1. The molecule has 0 aliphatic rings. The summed E-state index contributed by atoms with van der Waals surface area (Å²) in [5, 5.41) is 9.73. The highest BCUT2D eigenvalue weighted by Gasteiger charge is 2.09. The molecule has 2 aromatic carbocycles. The van der Waals surface area contributed by atoms with Crippen molar-refractivity contribution in [1.29, 1.82) is 0 Å². The molecule has 0 bridgehead atoms. The molecular formula is C18H16O3. The molecular weight excluding hydrogens is 264 g/mol. The molecule has 21 heavy (non-hydrogen) atoms. The van der Waals surface area contributed by atoms with E-state index in [2.05, 4.69) is 6.92 Å². The lowest BCUT2D eigenvalue weighted by Gasteiger charge is -1.98. The topological polar surface area (TPSA) is 54.4 Å². The van der Waals surface area contributed by atoms with E-state index in [1.165, 1.54) is 29.8 Å². The second kappa shape index (κ2) is 6.66. The van der Waals surface area contributed by atoms with Crippen molar-refractivity contribution in [2.24, 2.45) is 0 Å². The van der Waals surface area contributed by atoms with Crippen LogP contribution in [-0.4, -0.2) is 10.9 Å². The highest BCUT2D eigenvalue weighted by atomic mass is 16.3. The summed E-state index contributed by atoms with van der Waals surface area (Å²) < 4.78 is 0. The van der Waals surface area contributed by atoms with Crippen LogP contribution >= 0.6 is 0 Å². The number of carbonyl (C=O) groups is 1. The Balaban J connectivity index is 2.25. The highest BCUT2D eigenvalue weighted by molar-refractivity contribution is 6.08. The summed E-state index contributed by atoms with van der Waals surface area (Å²) in [5.41, 5.74) is 1.56. The quantitative estimate of drug-likeness (QED) is 0.691. The molecule has 0 radical (unpaired) electrons. The average molecular weight is 280 g/mol. The van der Waals surface area contributed by atoms with Gasteiger partial charge in [0.05, 0.1) is 5.56 Å². The summed E-state index contributed by atoms with van der Waals surface area (Å²) in [6, 6.07) is 13.5. The first-order chi connectivity index (χ1) is 10.1. The Labute approximate surface area is 123 Å². The minimum absolute atomic E-state index is 0.00595. The smallest absolute Gasteiger partial charge is 0.220 e. The van der Waals surface area contributed by atoms with E-state index in [1.54, 1.807) is 12.1 Å². The van der Waals surface area contributed by atoms with Crippen LogP contribution in [0.4, 0.5) is 0 Å². The fraction of sp³-hybridized carbons (Fsp3) is 0.111. The largest absolute Gasteiger partial charge is 0.504 e. The Morgan fingerprint density at radius 1 is 1.10 bits per heavy atom. The summed E-state index contributed by atoms with van der Waals surface area (Å²) in [6.07, 6.45) is 3.98. The zero-order valence-electron chi connectivity index (χ0n) is 11.7. The predicted octanol–water partition coefficient (Wildman–Crippen LogP) is 3.21. The minimum atomic E-state index is -0.566. The molecule has 2 aromatic rings. The van der Waals surface area contributed by atoms with Crippen LogP contribution in [0.15, 0.2) is 59.4 Å². The maximum absolute atomic E-state index is 12.1. The van der Waals surface area contributed by atoms with Gasteiger partial charge >= 0.3 is 0 Å². The number of allylic oxidation sites excluding steroid dienone is 1. The molecule has 0 saturated carbocycles. The second-order valence-electron chi connectivity index (χ2n) is 4.64. The molecule has 0 fully saturated rings. The van der Waals surface area contributed by atoms with E-state index in [-0.39, 0.29) is 5.56 Å². The van der Waals surface area contributed by atoms with Gasteiger partial charge in [0, 0.05) is 0 Å². The molecule has 2 rings (SSSR count). The molecule has 0 saturated heterocycles. The van der Waals surface area contributed by atoms with E-state index >= 15 is 0 Å². The maximum atomic E-state index is 12.1. The Hall–Kier alpha value is -2.68. The van der Waals surface area contributed by atoms with E-state index in [0.717, 1.165) is 12.0 Å². The molecule has 0 amide bonds. The molecule has 0 aliphatic heterocycles. The molecule has 0 atom stereocenters. The molecule has 0 heterocycles. The van der Waals surface area contributed by atoms with Gasteiger partial charge in [0.1, 0.15) is 0 Å². The Bertz CT molecular complexity index is 728. The summed E-state index contributed by atoms with van der Waals surface area (Å²) in [5.74, 6) is -0.920. The molecule has 0 aliphatic carbocycles. The van der Waals surface area contributed by atoms with Crippen LogP contribution in [-0.2, 0) is 6.42 Å². The van der Waals surface area contributed by atoms with Crippen molar-refractivity contribution in [3.63, 3.8) is 0 Å². The number of carbonyl (C=O) groups excluding carboxylic acids is 1. The first-order valence-corrected chi connectivity index (χ1v) is 6.75. The standard InChI is InChI=1S/C18H16O3/c1-2-13-7-9-14(10-8-13)11-12-16(19)15-5-3-4-6-17(20)18(15)21/h3-12H,2H2,1H3,(H,20,21). The first-order valence-electron chi connectivity index (χ1n) is 6.75. The molecule has 0 spiro atoms. The minimum Gasteiger partial charge on any atom is -0.504 e. The number of hydrogen-bond acceptors (Lipinski definition) is 3. The molecule has 0 unspecified atom stereocenters. The second-order valence-corrected chi connectivity index (χ2v) is 4.64. The fourth-order valence-corrected chi connectivity index (χ4v) is 1.91. The van der Waals surface area contributed by atoms with E-state index in [4.69, 9.17) is 0 Å². The van der Waals surface area contributed by atoms with Gasteiger partial charge in [-0.2, -0.15) is 0 Å². The molecule has 3 heteroatoms. The van der Waals surface area contributed by atoms with Crippen LogP contribution in [0.25, 0.3) is 6.08 Å². The molecule has 3 nitrogen and oxygen atoms in total. The Morgan fingerprint density at radius 2 is 1.76 bits per heavy atom. The van der Waals surface area contributed by atoms with Crippen molar-refractivity contribution in [3.05, 3.63) is 81.5 Å². The van der Waals surface area contributed by atoms with Crippen LogP contribution < -0.4 is 5.43 Å². The first kappa shape index (κ1) is 14.7. The summed E-state index contributed by atoms with van der Waals surface area (Å²) in [7, 11) is 0. The van der Waals surface area contributed by atoms with Gasteiger partial charge in [-0.25, -0.2) is 0 Å². The van der Waals surface area contributed by atoms with Crippen molar-refractivity contribution in [2.75, 3.05) is 0 Å². The average Bonchev–Trinajstić information content (AvgIpc) is 2.68. The maximum Gasteiger partial charge on any atom is 0.220 e. The van der Waals surface area contributed by atoms with E-state index in [9.17, 15) is 14.7 Å². The third-order valence-electron chi connectivity index (χ3n) is 3.19. The Morgan fingerprint density at radius 3 is 2.43 bits per heavy atom. The van der Waals surface area contributed by atoms with Crippen LogP contribution in [0.5, 0.6) is 5.75 Å². The van der Waals surface area contributed by atoms with Gasteiger partial charge in [0.25, 0.3) is 0 Å². The van der Waals surface area contributed by atoms with Crippen LogP contribution in [0.2, 0.25) is 0 Å². The SMILES string of the molecule is CCc1ccc(C=CC(=O)c2ccccc(=O)c2O)cc1. The van der Waals surface area contributed by atoms with Gasteiger partial charge in [-0.1, -0.05) is 49.4 Å². The summed E-state index contributed by atoms with van der Waals surface area (Å²) >= 11 is 0. The molecule has 0 aromatic heterocycles. The fourth-order valence-electron chi connectivity index (χ4n) is 1.91. The molecule has 106 valence electrons. The summed E-state index contributed by atoms with van der Waals surface area (Å²) in [4.78, 5) is 23.5. The van der Waals surface area contributed by atoms with E-state index in [1.807, 2.05) is 24.3 Å². The number of benzene rings is 1. The highest BCUT2D eigenvalue weighted by Crippen LogP contribution is 2.13. The van der Waals surface area contributed by atoms with Gasteiger partial charge in [-0.3, -0.25) is 9.59 Å². The van der Waals surface area contributed by atoms with Gasteiger partial charge in [-0.05, 0) is 35.8 Å². The molecule has 1 N–H and O–H groups in total. The van der Waals surface area contributed by atoms with Crippen molar-refractivity contribution >= 4 is 11.9 Å². The van der Waals surface area contributed by atoms with Crippen molar-refractivity contribution in [3.8, 4) is 5.75 Å². The van der Waals surface area contributed by atoms with Gasteiger partial charge in [0.15, 0.2) is 11.5 Å². The zero-order chi connectivity index (χ0) is 15.2. The Kier molecular flexibility index (Phi) is 4.67. The number of aryl methyl sites for hydroxylation is 1. The third kappa shape index (κ3) is 3.66.